The van der Waals surface area contributed by atoms with Crippen LogP contribution in [0.15, 0.2) is 47.0 Å². The largest absolute Gasteiger partial charge is 0.458 e. The number of aromatic nitrogens is 2. The van der Waals surface area contributed by atoms with Crippen LogP contribution in [0.5, 0.6) is 0 Å². The van der Waals surface area contributed by atoms with Crippen LogP contribution in [0.2, 0.25) is 0 Å². The van der Waals surface area contributed by atoms with Gasteiger partial charge in [0.2, 0.25) is 0 Å². The van der Waals surface area contributed by atoms with E-state index in [4.69, 9.17) is 0 Å². The summed E-state index contributed by atoms with van der Waals surface area (Å²) in [5.41, 5.74) is 0.672. The Kier molecular flexibility index (Phi) is 4.74. The zero-order valence-electron chi connectivity index (χ0n) is 13.9. The van der Waals surface area contributed by atoms with Crippen molar-refractivity contribution in [2.75, 3.05) is 0 Å². The van der Waals surface area contributed by atoms with Crippen molar-refractivity contribution in [3.63, 3.8) is 0 Å². The van der Waals surface area contributed by atoms with E-state index >= 15 is 0 Å². The molecule has 2 aromatic rings. The molecular formula is C15H15F3N4O4S. The van der Waals surface area contributed by atoms with Gasteiger partial charge in [-0.15, -0.1) is 0 Å². The van der Waals surface area contributed by atoms with E-state index in [1.165, 1.54) is 35.3 Å². The Morgan fingerprint density at radius 2 is 2.15 bits per heavy atom. The van der Waals surface area contributed by atoms with Gasteiger partial charge in [0.15, 0.2) is 5.03 Å². The first-order chi connectivity index (χ1) is 12.5. The lowest BCUT2D eigenvalue weighted by atomic mass is 10.0. The van der Waals surface area contributed by atoms with Crippen molar-refractivity contribution in [1.82, 2.24) is 14.3 Å². The van der Waals surface area contributed by atoms with Crippen molar-refractivity contribution in [2.24, 2.45) is 12.2 Å². The highest BCUT2D eigenvalue weighted by atomic mass is 32.2. The fraction of sp³-hybridized carbons (Fsp3) is 0.333. The van der Waals surface area contributed by atoms with Crippen LogP contribution in [0, 0.1) is 0 Å². The van der Waals surface area contributed by atoms with Gasteiger partial charge in [-0.25, -0.2) is 18.1 Å². The third-order valence-electron chi connectivity index (χ3n) is 3.84. The summed E-state index contributed by atoms with van der Waals surface area (Å²) in [6, 6.07) is 6.08. The molecule has 0 amide bonds. The first-order valence-corrected chi connectivity index (χ1v) is 9.10. The van der Waals surface area contributed by atoms with Gasteiger partial charge in [0.25, 0.3) is 10.0 Å². The van der Waals surface area contributed by atoms with Gasteiger partial charge in [0.1, 0.15) is 0 Å². The number of nitrogens with one attached hydrogen (secondary N) is 1. The van der Waals surface area contributed by atoms with Gasteiger partial charge in [0, 0.05) is 19.8 Å². The van der Waals surface area contributed by atoms with E-state index in [0.717, 1.165) is 0 Å². The predicted molar refractivity (Wildman–Crippen MR) is 86.9 cm³/mol. The van der Waals surface area contributed by atoms with E-state index in [0.29, 0.717) is 5.56 Å². The number of hydrogen-bond acceptors (Lipinski definition) is 6. The molecule has 3 rings (SSSR count). The van der Waals surface area contributed by atoms with Crippen molar-refractivity contribution in [1.29, 1.82) is 0 Å². The number of benzene rings is 1. The molecule has 1 unspecified atom stereocenters. The van der Waals surface area contributed by atoms with Crippen LogP contribution in [0.4, 0.5) is 13.2 Å². The number of halogens is 3. The van der Waals surface area contributed by atoms with Crippen molar-refractivity contribution in [3.8, 4) is 0 Å². The number of imidazole rings is 1. The molecule has 1 atom stereocenters. The second-order valence-electron chi connectivity index (χ2n) is 5.99. The number of alkyl halides is 3. The predicted octanol–water partition coefficient (Wildman–Crippen LogP) is 1.27. The monoisotopic (exact) mass is 404 g/mol. The van der Waals surface area contributed by atoms with Gasteiger partial charge >= 0.3 is 12.0 Å². The molecule has 1 aliphatic heterocycles. The Balaban J connectivity index is 1.72. The van der Waals surface area contributed by atoms with E-state index in [2.05, 4.69) is 19.7 Å². The molecule has 2 heterocycles. The third-order valence-corrected chi connectivity index (χ3v) is 5.13. The van der Waals surface area contributed by atoms with Gasteiger partial charge in [-0.3, -0.25) is 0 Å². The Labute approximate surface area is 152 Å². The standard InChI is InChI=1S/C15H15F3N4O4S/c1-22-8-13(19-9-22)27(24,25)20-7-10-3-2-4-11(5-10)12-6-14(23,26-21-12)15(16,17)18/h2-5,8-9,20,23H,6-7H2,1H3. The number of hydrogen-bond donors (Lipinski definition) is 2. The van der Waals surface area contributed by atoms with Crippen LogP contribution < -0.4 is 4.72 Å². The summed E-state index contributed by atoms with van der Waals surface area (Å²) in [4.78, 5) is 7.94. The van der Waals surface area contributed by atoms with Crippen LogP contribution in [0.3, 0.4) is 0 Å². The number of aliphatic hydroxyl groups is 1. The zero-order chi connectivity index (χ0) is 19.9. The van der Waals surface area contributed by atoms with Crippen LogP contribution in [0.25, 0.3) is 0 Å². The molecule has 0 aliphatic carbocycles. The molecule has 8 nitrogen and oxygen atoms in total. The molecule has 0 spiro atoms. The van der Waals surface area contributed by atoms with Gasteiger partial charge in [-0.1, -0.05) is 23.4 Å². The molecular weight excluding hydrogens is 389 g/mol. The van der Waals surface area contributed by atoms with E-state index < -0.39 is 28.4 Å². The smallest absolute Gasteiger partial charge is 0.350 e. The van der Waals surface area contributed by atoms with Crippen LogP contribution >= 0.6 is 0 Å². The maximum Gasteiger partial charge on any atom is 0.458 e. The maximum absolute atomic E-state index is 12.8. The molecule has 12 heteroatoms. The molecule has 0 fully saturated rings. The summed E-state index contributed by atoms with van der Waals surface area (Å²) < 4.78 is 66.6. The average molecular weight is 404 g/mol. The van der Waals surface area contributed by atoms with Crippen LogP contribution in [0.1, 0.15) is 17.5 Å². The fourth-order valence-corrected chi connectivity index (χ4v) is 3.37. The molecule has 1 aliphatic rings. The van der Waals surface area contributed by atoms with Crippen molar-refractivity contribution < 1.29 is 31.5 Å². The summed E-state index contributed by atoms with van der Waals surface area (Å²) in [6.07, 6.45) is -3.18. The fourth-order valence-electron chi connectivity index (χ4n) is 2.37. The highest BCUT2D eigenvalue weighted by Gasteiger charge is 2.60. The van der Waals surface area contributed by atoms with Gasteiger partial charge in [-0.05, 0) is 17.2 Å². The Hall–Kier alpha value is -2.44. The Morgan fingerprint density at radius 3 is 2.74 bits per heavy atom. The third kappa shape index (κ3) is 3.96. The first-order valence-electron chi connectivity index (χ1n) is 7.61. The average Bonchev–Trinajstić information content (AvgIpc) is 3.20. The number of rotatable bonds is 5. The summed E-state index contributed by atoms with van der Waals surface area (Å²) in [7, 11) is -2.21. The molecule has 0 saturated carbocycles. The van der Waals surface area contributed by atoms with Gasteiger partial charge < -0.3 is 14.5 Å². The second kappa shape index (κ2) is 6.62. The maximum atomic E-state index is 12.8. The Morgan fingerprint density at radius 1 is 1.41 bits per heavy atom. The minimum atomic E-state index is -4.99. The summed E-state index contributed by atoms with van der Waals surface area (Å²) in [5, 5.41) is 12.7. The molecule has 0 bridgehead atoms. The highest BCUT2D eigenvalue weighted by Crippen LogP contribution is 2.38. The van der Waals surface area contributed by atoms with E-state index in [1.54, 1.807) is 13.1 Å². The van der Waals surface area contributed by atoms with E-state index in [1.807, 2.05) is 0 Å². The van der Waals surface area contributed by atoms with E-state index in [9.17, 15) is 26.7 Å². The van der Waals surface area contributed by atoms with Crippen molar-refractivity contribution >= 4 is 15.7 Å². The normalized spacial score (nSPS) is 20.4. The van der Waals surface area contributed by atoms with Crippen LogP contribution in [-0.4, -0.2) is 40.8 Å². The molecule has 27 heavy (non-hydrogen) atoms. The van der Waals surface area contributed by atoms with Gasteiger partial charge in [0.05, 0.1) is 18.5 Å². The summed E-state index contributed by atoms with van der Waals surface area (Å²) in [5.74, 6) is -3.36. The topological polar surface area (TPSA) is 106 Å². The van der Waals surface area contributed by atoms with Gasteiger partial charge in [-0.2, -0.15) is 13.2 Å². The lowest BCUT2D eigenvalue weighted by Gasteiger charge is -2.22. The first kappa shape index (κ1) is 19.3. The number of sulfonamides is 1. The quantitative estimate of drug-likeness (QED) is 0.781. The molecule has 2 N–H and O–H groups in total. The molecule has 0 saturated heterocycles. The summed E-state index contributed by atoms with van der Waals surface area (Å²) in [6.45, 7) is -0.107. The zero-order valence-corrected chi connectivity index (χ0v) is 14.8. The molecule has 0 radical (unpaired) electrons. The van der Waals surface area contributed by atoms with E-state index in [-0.39, 0.29) is 22.8 Å². The van der Waals surface area contributed by atoms with Crippen LogP contribution in [-0.2, 0) is 28.5 Å². The highest BCUT2D eigenvalue weighted by molar-refractivity contribution is 7.89. The SMILES string of the molecule is Cn1cnc(S(=O)(=O)NCc2cccc(C3=NOC(O)(C(F)(F)F)C3)c2)c1. The minimum Gasteiger partial charge on any atom is -0.350 e. The minimum absolute atomic E-state index is 0.0933. The number of nitrogens with zero attached hydrogens (tertiary/aromatic N) is 3. The molecule has 1 aromatic carbocycles. The van der Waals surface area contributed by atoms with Crippen molar-refractivity contribution in [3.05, 3.63) is 47.9 Å². The number of oxime groups is 1. The molecule has 1 aromatic heterocycles. The second-order valence-corrected chi connectivity index (χ2v) is 7.70. The lowest BCUT2D eigenvalue weighted by Crippen LogP contribution is -2.45. The lowest BCUT2D eigenvalue weighted by molar-refractivity contribution is -0.355. The summed E-state index contributed by atoms with van der Waals surface area (Å²) >= 11 is 0. The van der Waals surface area contributed by atoms with Crippen molar-refractivity contribution in [2.45, 2.75) is 30.0 Å². The Bertz CT molecular complexity index is 987. The number of aryl methyl sites for hydroxylation is 1. The molecule has 146 valence electrons.